The van der Waals surface area contributed by atoms with E-state index in [1.807, 2.05) is 0 Å². The standard InChI is InChI=1S/C13H8FN3OS/c14-10-3-1-8(2-4-10)13-17-11(7-19-13)5-9(6-15)12(16)18/h1-5,7H,(H2,16,18)/b9-5+. The largest absolute Gasteiger partial charge is 0.365 e. The molecule has 0 atom stereocenters. The smallest absolute Gasteiger partial charge is 0.259 e. The average Bonchev–Trinajstić information content (AvgIpc) is 2.85. The maximum atomic E-state index is 12.8. The van der Waals surface area contributed by atoms with Crippen LogP contribution < -0.4 is 5.73 Å². The second kappa shape index (κ2) is 5.42. The molecule has 0 bridgehead atoms. The van der Waals surface area contributed by atoms with Crippen molar-refractivity contribution in [2.75, 3.05) is 0 Å². The minimum atomic E-state index is -0.793. The predicted molar refractivity (Wildman–Crippen MR) is 70.3 cm³/mol. The fraction of sp³-hybridized carbons (Fsp3) is 0. The molecule has 1 heterocycles. The van der Waals surface area contributed by atoms with Crippen LogP contribution in [0.5, 0.6) is 0 Å². The van der Waals surface area contributed by atoms with E-state index in [-0.39, 0.29) is 11.4 Å². The number of carbonyl (C=O) groups is 1. The van der Waals surface area contributed by atoms with Gasteiger partial charge >= 0.3 is 0 Å². The number of hydrogen-bond acceptors (Lipinski definition) is 4. The fourth-order valence-electron chi connectivity index (χ4n) is 1.38. The molecule has 0 aliphatic rings. The van der Waals surface area contributed by atoms with Crippen molar-refractivity contribution in [3.05, 3.63) is 46.7 Å². The minimum Gasteiger partial charge on any atom is -0.365 e. The predicted octanol–water partition coefficient (Wildman–Crippen LogP) is 2.34. The van der Waals surface area contributed by atoms with Crippen LogP contribution in [-0.4, -0.2) is 10.9 Å². The molecule has 19 heavy (non-hydrogen) atoms. The highest BCUT2D eigenvalue weighted by Gasteiger charge is 2.07. The van der Waals surface area contributed by atoms with E-state index in [2.05, 4.69) is 4.98 Å². The zero-order valence-corrected chi connectivity index (χ0v) is 10.4. The number of primary amides is 1. The molecule has 1 amide bonds. The van der Waals surface area contributed by atoms with Gasteiger partial charge in [0.25, 0.3) is 5.91 Å². The normalized spacial score (nSPS) is 11.1. The van der Waals surface area contributed by atoms with Gasteiger partial charge in [-0.05, 0) is 30.3 Å². The number of thiazole rings is 1. The molecule has 94 valence electrons. The Bertz CT molecular complexity index is 683. The summed E-state index contributed by atoms with van der Waals surface area (Å²) in [4.78, 5) is 15.2. The summed E-state index contributed by atoms with van der Waals surface area (Å²) in [6.45, 7) is 0. The molecule has 2 aromatic rings. The van der Waals surface area contributed by atoms with Crippen LogP contribution in [0.1, 0.15) is 5.69 Å². The summed E-state index contributed by atoms with van der Waals surface area (Å²) in [5.41, 5.74) is 6.12. The molecule has 0 aliphatic carbocycles. The number of benzene rings is 1. The molecular formula is C13H8FN3OS. The van der Waals surface area contributed by atoms with Gasteiger partial charge in [-0.15, -0.1) is 11.3 Å². The van der Waals surface area contributed by atoms with E-state index >= 15 is 0 Å². The molecule has 0 unspecified atom stereocenters. The van der Waals surface area contributed by atoms with Gasteiger partial charge in [0.2, 0.25) is 0 Å². The number of nitriles is 1. The molecule has 1 aromatic heterocycles. The Labute approximate surface area is 112 Å². The third-order valence-corrected chi connectivity index (χ3v) is 3.20. The van der Waals surface area contributed by atoms with E-state index < -0.39 is 5.91 Å². The van der Waals surface area contributed by atoms with Crippen molar-refractivity contribution < 1.29 is 9.18 Å². The third kappa shape index (κ3) is 3.03. The van der Waals surface area contributed by atoms with Crippen LogP contribution in [0.2, 0.25) is 0 Å². The fourth-order valence-corrected chi connectivity index (χ4v) is 2.17. The summed E-state index contributed by atoms with van der Waals surface area (Å²) in [7, 11) is 0. The van der Waals surface area contributed by atoms with Gasteiger partial charge < -0.3 is 5.73 Å². The highest BCUT2D eigenvalue weighted by Crippen LogP contribution is 2.24. The van der Waals surface area contributed by atoms with Gasteiger partial charge in [-0.3, -0.25) is 4.79 Å². The maximum Gasteiger partial charge on any atom is 0.259 e. The summed E-state index contributed by atoms with van der Waals surface area (Å²) in [5, 5.41) is 11.1. The Morgan fingerprint density at radius 2 is 2.11 bits per heavy atom. The summed E-state index contributed by atoms with van der Waals surface area (Å²) in [6, 6.07) is 7.62. The molecular weight excluding hydrogens is 265 g/mol. The lowest BCUT2D eigenvalue weighted by Gasteiger charge is -1.94. The Morgan fingerprint density at radius 3 is 2.68 bits per heavy atom. The van der Waals surface area contributed by atoms with Crippen LogP contribution in [0.15, 0.2) is 35.2 Å². The first-order chi connectivity index (χ1) is 9.10. The van der Waals surface area contributed by atoms with E-state index in [0.29, 0.717) is 10.7 Å². The van der Waals surface area contributed by atoms with Gasteiger partial charge in [0, 0.05) is 10.9 Å². The van der Waals surface area contributed by atoms with E-state index in [1.54, 1.807) is 23.6 Å². The van der Waals surface area contributed by atoms with E-state index in [0.717, 1.165) is 5.56 Å². The first kappa shape index (κ1) is 12.9. The molecule has 0 radical (unpaired) electrons. The van der Waals surface area contributed by atoms with Crippen LogP contribution >= 0.6 is 11.3 Å². The highest BCUT2D eigenvalue weighted by molar-refractivity contribution is 7.13. The first-order valence-corrected chi connectivity index (χ1v) is 6.11. The van der Waals surface area contributed by atoms with E-state index in [1.165, 1.54) is 29.5 Å². The number of nitrogens with zero attached hydrogens (tertiary/aromatic N) is 2. The second-order valence-corrected chi connectivity index (χ2v) is 4.48. The molecule has 0 spiro atoms. The lowest BCUT2D eigenvalue weighted by Crippen LogP contribution is -2.12. The zero-order valence-electron chi connectivity index (χ0n) is 9.63. The van der Waals surface area contributed by atoms with E-state index in [9.17, 15) is 9.18 Å². The van der Waals surface area contributed by atoms with Gasteiger partial charge in [-0.2, -0.15) is 5.26 Å². The van der Waals surface area contributed by atoms with Crippen molar-refractivity contribution in [1.29, 1.82) is 5.26 Å². The number of carbonyl (C=O) groups excluding carboxylic acids is 1. The number of hydrogen-bond donors (Lipinski definition) is 1. The Balaban J connectivity index is 2.32. The van der Waals surface area contributed by atoms with Crippen molar-refractivity contribution in [3.8, 4) is 16.6 Å². The molecule has 2 N–H and O–H groups in total. The number of amides is 1. The lowest BCUT2D eigenvalue weighted by molar-refractivity contribution is -0.114. The Kier molecular flexibility index (Phi) is 3.68. The molecule has 0 saturated carbocycles. The molecule has 1 aromatic carbocycles. The van der Waals surface area contributed by atoms with Gasteiger partial charge in [0.05, 0.1) is 5.69 Å². The minimum absolute atomic E-state index is 0.157. The highest BCUT2D eigenvalue weighted by atomic mass is 32.1. The summed E-state index contributed by atoms with van der Waals surface area (Å²) in [5.74, 6) is -1.11. The first-order valence-electron chi connectivity index (χ1n) is 5.23. The lowest BCUT2D eigenvalue weighted by atomic mass is 10.2. The summed E-state index contributed by atoms with van der Waals surface area (Å²) >= 11 is 1.33. The average molecular weight is 273 g/mol. The van der Waals surface area contributed by atoms with Crippen molar-refractivity contribution in [1.82, 2.24) is 4.98 Å². The SMILES string of the molecule is N#C/C(=C\c1csc(-c2ccc(F)cc2)n1)C(N)=O. The Morgan fingerprint density at radius 1 is 1.42 bits per heavy atom. The molecule has 6 heteroatoms. The second-order valence-electron chi connectivity index (χ2n) is 3.62. The van der Waals surface area contributed by atoms with Crippen LogP contribution in [-0.2, 0) is 4.79 Å². The molecule has 0 fully saturated rings. The zero-order chi connectivity index (χ0) is 13.8. The maximum absolute atomic E-state index is 12.8. The monoisotopic (exact) mass is 273 g/mol. The third-order valence-electron chi connectivity index (χ3n) is 2.29. The number of rotatable bonds is 3. The van der Waals surface area contributed by atoms with Gasteiger partial charge in [0.1, 0.15) is 22.5 Å². The topological polar surface area (TPSA) is 79.8 Å². The van der Waals surface area contributed by atoms with Gasteiger partial charge in [-0.1, -0.05) is 0 Å². The quantitative estimate of drug-likeness (QED) is 0.688. The van der Waals surface area contributed by atoms with Crippen LogP contribution in [0, 0.1) is 17.1 Å². The molecule has 0 saturated heterocycles. The van der Waals surface area contributed by atoms with Crippen LogP contribution in [0.25, 0.3) is 16.6 Å². The van der Waals surface area contributed by atoms with Gasteiger partial charge in [-0.25, -0.2) is 9.37 Å². The molecule has 4 nitrogen and oxygen atoms in total. The number of aromatic nitrogens is 1. The van der Waals surface area contributed by atoms with Crippen molar-refractivity contribution >= 4 is 23.3 Å². The number of halogens is 1. The summed E-state index contributed by atoms with van der Waals surface area (Å²) < 4.78 is 12.8. The summed E-state index contributed by atoms with van der Waals surface area (Å²) in [6.07, 6.45) is 1.33. The van der Waals surface area contributed by atoms with Crippen molar-refractivity contribution in [3.63, 3.8) is 0 Å². The molecule has 2 rings (SSSR count). The van der Waals surface area contributed by atoms with Gasteiger partial charge in [0.15, 0.2) is 0 Å². The molecule has 0 aliphatic heterocycles. The van der Waals surface area contributed by atoms with Crippen molar-refractivity contribution in [2.45, 2.75) is 0 Å². The van der Waals surface area contributed by atoms with Crippen molar-refractivity contribution in [2.24, 2.45) is 5.73 Å². The van der Waals surface area contributed by atoms with E-state index in [4.69, 9.17) is 11.0 Å². The Hall–Kier alpha value is -2.52. The van der Waals surface area contributed by atoms with Crippen LogP contribution in [0.4, 0.5) is 4.39 Å². The van der Waals surface area contributed by atoms with Crippen LogP contribution in [0.3, 0.4) is 0 Å². The number of nitrogens with two attached hydrogens (primary N) is 1.